The Morgan fingerprint density at radius 1 is 1.32 bits per heavy atom. The van der Waals surface area contributed by atoms with Crippen LogP contribution in [0.15, 0.2) is 49.6 Å². The van der Waals surface area contributed by atoms with E-state index in [0.717, 1.165) is 0 Å². The first-order chi connectivity index (χ1) is 9.09. The molecule has 1 heterocycles. The number of fused-ring (bicyclic) bond motifs is 1. The number of hydrogen-bond acceptors (Lipinski definition) is 2. The van der Waals surface area contributed by atoms with E-state index in [0.29, 0.717) is 11.1 Å². The smallest absolute Gasteiger partial charge is 0.334 e. The topological polar surface area (TPSA) is 57.6 Å². The molecule has 4 heteroatoms. The highest BCUT2D eigenvalue weighted by molar-refractivity contribution is 6.05. The molecule has 19 heavy (non-hydrogen) atoms. The van der Waals surface area contributed by atoms with E-state index in [1.807, 2.05) is 0 Å². The molecule has 1 atom stereocenters. The fourth-order valence-corrected chi connectivity index (χ4v) is 2.61. The van der Waals surface area contributed by atoms with Crippen LogP contribution in [0.25, 0.3) is 0 Å². The maximum absolute atomic E-state index is 12.4. The number of amides is 1. The number of carboxylic acid groups (broad SMARTS) is 1. The van der Waals surface area contributed by atoms with E-state index in [1.165, 1.54) is 17.1 Å². The minimum Gasteiger partial charge on any atom is -0.479 e. The van der Waals surface area contributed by atoms with Crippen LogP contribution in [0.5, 0.6) is 0 Å². The van der Waals surface area contributed by atoms with Crippen molar-refractivity contribution in [2.24, 2.45) is 0 Å². The van der Waals surface area contributed by atoms with Crippen molar-refractivity contribution in [3.63, 3.8) is 0 Å². The van der Waals surface area contributed by atoms with Crippen LogP contribution in [0.3, 0.4) is 0 Å². The van der Waals surface area contributed by atoms with Crippen molar-refractivity contribution in [3.8, 4) is 0 Å². The van der Waals surface area contributed by atoms with E-state index in [4.69, 9.17) is 0 Å². The zero-order valence-corrected chi connectivity index (χ0v) is 10.5. The van der Waals surface area contributed by atoms with Crippen molar-refractivity contribution in [1.82, 2.24) is 4.90 Å². The summed E-state index contributed by atoms with van der Waals surface area (Å²) in [4.78, 5) is 25.5. The van der Waals surface area contributed by atoms with Gasteiger partial charge in [-0.05, 0) is 6.07 Å². The van der Waals surface area contributed by atoms with Gasteiger partial charge < -0.3 is 10.0 Å². The number of rotatable bonds is 5. The Morgan fingerprint density at radius 3 is 2.58 bits per heavy atom. The standard InChI is InChI=1S/C15H15NO3/c1-3-9-15(14(18)19)12-8-6-5-7-11(12)13(17)16(15)10-4-2/h3-8H,1-2,9-10H2,(H,18,19). The summed E-state index contributed by atoms with van der Waals surface area (Å²) in [6.07, 6.45) is 3.23. The average molecular weight is 257 g/mol. The lowest BCUT2D eigenvalue weighted by molar-refractivity contribution is -0.149. The van der Waals surface area contributed by atoms with Crippen LogP contribution in [-0.4, -0.2) is 28.4 Å². The molecular weight excluding hydrogens is 242 g/mol. The van der Waals surface area contributed by atoms with E-state index in [9.17, 15) is 14.7 Å². The van der Waals surface area contributed by atoms with E-state index in [2.05, 4.69) is 13.2 Å². The molecule has 0 fully saturated rings. The first kappa shape index (κ1) is 13.1. The minimum atomic E-state index is -1.37. The molecule has 0 saturated carbocycles. The number of nitrogens with zero attached hydrogens (tertiary/aromatic N) is 1. The van der Waals surface area contributed by atoms with E-state index >= 15 is 0 Å². The summed E-state index contributed by atoms with van der Waals surface area (Å²) < 4.78 is 0. The number of benzene rings is 1. The molecule has 2 rings (SSSR count). The molecule has 0 radical (unpaired) electrons. The van der Waals surface area contributed by atoms with E-state index < -0.39 is 11.5 Å². The van der Waals surface area contributed by atoms with Crippen LogP contribution in [0.4, 0.5) is 0 Å². The molecule has 1 aromatic carbocycles. The Bertz CT molecular complexity index is 564. The zero-order chi connectivity index (χ0) is 14.0. The van der Waals surface area contributed by atoms with Gasteiger partial charge in [0.05, 0.1) is 0 Å². The van der Waals surface area contributed by atoms with Crippen LogP contribution < -0.4 is 0 Å². The van der Waals surface area contributed by atoms with Gasteiger partial charge in [0.25, 0.3) is 5.91 Å². The molecule has 1 amide bonds. The van der Waals surface area contributed by atoms with Gasteiger partial charge in [-0.25, -0.2) is 4.79 Å². The fourth-order valence-electron chi connectivity index (χ4n) is 2.61. The Balaban J connectivity index is 2.71. The zero-order valence-electron chi connectivity index (χ0n) is 10.5. The van der Waals surface area contributed by atoms with Crippen LogP contribution in [0, 0.1) is 0 Å². The molecule has 0 aromatic heterocycles. The summed E-state index contributed by atoms with van der Waals surface area (Å²) in [6.45, 7) is 7.40. The van der Waals surface area contributed by atoms with Gasteiger partial charge >= 0.3 is 5.97 Å². The monoisotopic (exact) mass is 257 g/mol. The number of aliphatic carboxylic acids is 1. The quantitative estimate of drug-likeness (QED) is 0.822. The first-order valence-electron chi connectivity index (χ1n) is 5.96. The fraction of sp³-hybridized carbons (Fsp3) is 0.200. The summed E-state index contributed by atoms with van der Waals surface area (Å²) in [7, 11) is 0. The SMILES string of the molecule is C=CCN1C(=O)c2ccccc2C1(CC=C)C(=O)O. The van der Waals surface area contributed by atoms with Gasteiger partial charge in [0.15, 0.2) is 5.54 Å². The maximum Gasteiger partial charge on any atom is 0.334 e. The molecular formula is C15H15NO3. The van der Waals surface area contributed by atoms with Gasteiger partial charge in [0.1, 0.15) is 0 Å². The van der Waals surface area contributed by atoms with Crippen molar-refractivity contribution in [3.05, 3.63) is 60.7 Å². The predicted molar refractivity (Wildman–Crippen MR) is 71.8 cm³/mol. The van der Waals surface area contributed by atoms with Crippen molar-refractivity contribution < 1.29 is 14.7 Å². The molecule has 98 valence electrons. The van der Waals surface area contributed by atoms with E-state index in [1.54, 1.807) is 24.3 Å². The van der Waals surface area contributed by atoms with Crippen LogP contribution in [0.2, 0.25) is 0 Å². The molecule has 1 aromatic rings. The molecule has 4 nitrogen and oxygen atoms in total. The lowest BCUT2D eigenvalue weighted by Gasteiger charge is -2.34. The summed E-state index contributed by atoms with van der Waals surface area (Å²) in [5.41, 5.74) is -0.410. The third kappa shape index (κ3) is 1.68. The summed E-state index contributed by atoms with van der Waals surface area (Å²) in [6, 6.07) is 6.81. The van der Waals surface area contributed by atoms with Crippen LogP contribution in [0.1, 0.15) is 22.3 Å². The van der Waals surface area contributed by atoms with Crippen LogP contribution in [-0.2, 0) is 10.3 Å². The highest BCUT2D eigenvalue weighted by atomic mass is 16.4. The Morgan fingerprint density at radius 2 is 2.00 bits per heavy atom. The van der Waals surface area contributed by atoms with Gasteiger partial charge in [0, 0.05) is 24.1 Å². The number of carbonyl (C=O) groups is 2. The second-order valence-corrected chi connectivity index (χ2v) is 4.41. The highest BCUT2D eigenvalue weighted by Gasteiger charge is 2.53. The first-order valence-corrected chi connectivity index (χ1v) is 5.96. The average Bonchev–Trinajstić information content (AvgIpc) is 2.64. The minimum absolute atomic E-state index is 0.166. The molecule has 0 saturated heterocycles. The summed E-state index contributed by atoms with van der Waals surface area (Å²) in [5.74, 6) is -1.33. The third-order valence-corrected chi connectivity index (χ3v) is 3.41. The largest absolute Gasteiger partial charge is 0.479 e. The van der Waals surface area contributed by atoms with Gasteiger partial charge in [-0.1, -0.05) is 30.4 Å². The van der Waals surface area contributed by atoms with Gasteiger partial charge in [-0.2, -0.15) is 0 Å². The lowest BCUT2D eigenvalue weighted by atomic mass is 9.86. The number of carbonyl (C=O) groups excluding carboxylic acids is 1. The second-order valence-electron chi connectivity index (χ2n) is 4.41. The van der Waals surface area contributed by atoms with Crippen molar-refractivity contribution in [1.29, 1.82) is 0 Å². The summed E-state index contributed by atoms with van der Waals surface area (Å²) >= 11 is 0. The van der Waals surface area contributed by atoms with Gasteiger partial charge in [-0.3, -0.25) is 4.79 Å². The summed E-state index contributed by atoms with van der Waals surface area (Å²) in [5, 5.41) is 9.68. The molecule has 1 N–H and O–H groups in total. The molecule has 0 bridgehead atoms. The normalized spacial score (nSPS) is 21.1. The number of hydrogen-bond donors (Lipinski definition) is 1. The third-order valence-electron chi connectivity index (χ3n) is 3.41. The Labute approximate surface area is 111 Å². The molecule has 1 aliphatic rings. The molecule has 0 spiro atoms. The van der Waals surface area contributed by atoms with Gasteiger partial charge in [-0.15, -0.1) is 13.2 Å². The Kier molecular flexibility index (Phi) is 3.25. The highest BCUT2D eigenvalue weighted by Crippen LogP contribution is 2.42. The molecule has 1 unspecified atom stereocenters. The van der Waals surface area contributed by atoms with Gasteiger partial charge in [0.2, 0.25) is 0 Å². The van der Waals surface area contributed by atoms with Crippen LogP contribution >= 0.6 is 0 Å². The molecule has 1 aliphatic heterocycles. The predicted octanol–water partition coefficient (Wildman–Crippen LogP) is 2.18. The maximum atomic E-state index is 12.4. The Hall–Kier alpha value is -2.36. The lowest BCUT2D eigenvalue weighted by Crippen LogP contribution is -2.49. The molecule has 0 aliphatic carbocycles. The second kappa shape index (κ2) is 4.72. The van der Waals surface area contributed by atoms with E-state index in [-0.39, 0.29) is 18.9 Å². The van der Waals surface area contributed by atoms with Crippen molar-refractivity contribution in [2.45, 2.75) is 12.0 Å². The van der Waals surface area contributed by atoms with Crippen molar-refractivity contribution >= 4 is 11.9 Å². The van der Waals surface area contributed by atoms with Crippen molar-refractivity contribution in [2.75, 3.05) is 6.54 Å². The number of carboxylic acids is 1.